The van der Waals surface area contributed by atoms with Crippen LogP contribution in [0.4, 0.5) is 0 Å². The fraction of sp³-hybridized carbons (Fsp3) is 0.909. The second-order valence-electron chi connectivity index (χ2n) is 4.55. The number of nitrogens with one attached hydrogen (secondary N) is 2. The number of nitrogens with zero attached hydrogens (tertiary/aromatic N) is 1. The lowest BCUT2D eigenvalue weighted by atomic mass is 10.0. The third kappa shape index (κ3) is 3.18. The molecule has 2 aliphatic heterocycles. The Morgan fingerprint density at radius 1 is 1.33 bits per heavy atom. The summed E-state index contributed by atoms with van der Waals surface area (Å²) in [6.45, 7) is 6.20. The number of amides is 1. The third-order valence-electron chi connectivity index (χ3n) is 3.30. The maximum atomic E-state index is 11.5. The van der Waals surface area contributed by atoms with Crippen LogP contribution >= 0.6 is 0 Å². The molecule has 2 aliphatic rings. The Bertz CT molecular complexity index is 210. The molecular formula is C11H21N3O. The van der Waals surface area contributed by atoms with Crippen molar-refractivity contribution in [2.45, 2.75) is 19.3 Å². The van der Waals surface area contributed by atoms with Gasteiger partial charge < -0.3 is 15.5 Å². The first kappa shape index (κ1) is 10.9. The molecule has 86 valence electrons. The van der Waals surface area contributed by atoms with E-state index in [1.165, 1.54) is 25.9 Å². The van der Waals surface area contributed by atoms with Crippen molar-refractivity contribution in [3.05, 3.63) is 0 Å². The highest BCUT2D eigenvalue weighted by molar-refractivity contribution is 5.79. The molecule has 0 saturated carbocycles. The summed E-state index contributed by atoms with van der Waals surface area (Å²) in [5.41, 5.74) is 0. The summed E-state index contributed by atoms with van der Waals surface area (Å²) in [5, 5.41) is 6.11. The van der Waals surface area contributed by atoms with E-state index >= 15 is 0 Å². The van der Waals surface area contributed by atoms with Crippen LogP contribution in [0.5, 0.6) is 0 Å². The molecule has 4 heteroatoms. The maximum absolute atomic E-state index is 11.5. The Morgan fingerprint density at radius 2 is 2.07 bits per heavy atom. The molecule has 0 atom stereocenters. The molecule has 0 aromatic heterocycles. The topological polar surface area (TPSA) is 44.4 Å². The summed E-state index contributed by atoms with van der Waals surface area (Å²) in [6, 6.07) is 0. The lowest BCUT2D eigenvalue weighted by Crippen LogP contribution is -2.51. The van der Waals surface area contributed by atoms with Gasteiger partial charge in [-0.15, -0.1) is 0 Å². The van der Waals surface area contributed by atoms with Gasteiger partial charge in [-0.3, -0.25) is 4.79 Å². The predicted octanol–water partition coefficient (Wildman–Crippen LogP) is -0.192. The van der Waals surface area contributed by atoms with Crippen LogP contribution < -0.4 is 10.6 Å². The van der Waals surface area contributed by atoms with E-state index in [9.17, 15) is 4.79 Å². The molecule has 1 amide bonds. The maximum Gasteiger partial charge on any atom is 0.225 e. The van der Waals surface area contributed by atoms with E-state index < -0.39 is 0 Å². The molecule has 15 heavy (non-hydrogen) atoms. The summed E-state index contributed by atoms with van der Waals surface area (Å²) in [7, 11) is 0. The smallest absolute Gasteiger partial charge is 0.225 e. The van der Waals surface area contributed by atoms with Crippen molar-refractivity contribution in [1.29, 1.82) is 0 Å². The molecule has 0 aliphatic carbocycles. The highest BCUT2D eigenvalue weighted by Gasteiger charge is 2.24. The molecule has 0 spiro atoms. The normalized spacial score (nSPS) is 22.7. The molecule has 2 heterocycles. The van der Waals surface area contributed by atoms with Crippen LogP contribution in [0, 0.1) is 5.92 Å². The van der Waals surface area contributed by atoms with Gasteiger partial charge in [0.25, 0.3) is 0 Å². The second kappa shape index (κ2) is 5.47. The Balaban J connectivity index is 1.48. The van der Waals surface area contributed by atoms with Crippen molar-refractivity contribution in [3.8, 4) is 0 Å². The van der Waals surface area contributed by atoms with E-state index in [0.717, 1.165) is 32.6 Å². The molecule has 0 aromatic rings. The molecule has 2 saturated heterocycles. The van der Waals surface area contributed by atoms with Crippen molar-refractivity contribution in [2.75, 3.05) is 39.3 Å². The van der Waals surface area contributed by atoms with Crippen LogP contribution in [0.15, 0.2) is 0 Å². The fourth-order valence-corrected chi connectivity index (χ4v) is 2.14. The molecule has 2 N–H and O–H groups in total. The molecule has 2 rings (SSSR count). The highest BCUT2D eigenvalue weighted by atomic mass is 16.2. The van der Waals surface area contributed by atoms with Crippen LogP contribution in [-0.4, -0.2) is 50.1 Å². The standard InChI is InChI=1S/C11H21N3O/c15-11(10-8-12-9-10)13-4-3-7-14-5-1-2-6-14/h10,12H,1-9H2,(H,13,15). The number of rotatable bonds is 5. The van der Waals surface area contributed by atoms with Crippen LogP contribution in [0.1, 0.15) is 19.3 Å². The van der Waals surface area contributed by atoms with Gasteiger partial charge in [-0.1, -0.05) is 0 Å². The van der Waals surface area contributed by atoms with Gasteiger partial charge in [0.05, 0.1) is 5.92 Å². The minimum Gasteiger partial charge on any atom is -0.356 e. The zero-order valence-electron chi connectivity index (χ0n) is 9.30. The summed E-state index contributed by atoms with van der Waals surface area (Å²) < 4.78 is 0. The third-order valence-corrected chi connectivity index (χ3v) is 3.30. The molecule has 0 bridgehead atoms. The minimum absolute atomic E-state index is 0.232. The van der Waals surface area contributed by atoms with Crippen LogP contribution in [0.2, 0.25) is 0 Å². The van der Waals surface area contributed by atoms with E-state index in [-0.39, 0.29) is 11.8 Å². The molecule has 4 nitrogen and oxygen atoms in total. The lowest BCUT2D eigenvalue weighted by molar-refractivity contribution is -0.126. The van der Waals surface area contributed by atoms with E-state index in [1.807, 2.05) is 0 Å². The SMILES string of the molecule is O=C(NCCCN1CCCC1)C1CNC1. The Labute approximate surface area is 91.4 Å². The first-order valence-electron chi connectivity index (χ1n) is 6.07. The van der Waals surface area contributed by atoms with E-state index in [1.54, 1.807) is 0 Å². The van der Waals surface area contributed by atoms with Gasteiger partial charge in [0.1, 0.15) is 0 Å². The van der Waals surface area contributed by atoms with Crippen molar-refractivity contribution < 1.29 is 4.79 Å². The van der Waals surface area contributed by atoms with E-state index in [4.69, 9.17) is 0 Å². The molecule has 0 aromatic carbocycles. The summed E-state index contributed by atoms with van der Waals surface area (Å²) in [4.78, 5) is 13.9. The lowest BCUT2D eigenvalue weighted by Gasteiger charge is -2.25. The van der Waals surface area contributed by atoms with Gasteiger partial charge in [0.15, 0.2) is 0 Å². The Kier molecular flexibility index (Phi) is 3.97. The zero-order chi connectivity index (χ0) is 10.5. The largest absolute Gasteiger partial charge is 0.356 e. The highest BCUT2D eigenvalue weighted by Crippen LogP contribution is 2.07. The second-order valence-corrected chi connectivity index (χ2v) is 4.55. The number of hydrogen-bond donors (Lipinski definition) is 2. The van der Waals surface area contributed by atoms with Crippen LogP contribution in [0.25, 0.3) is 0 Å². The average molecular weight is 211 g/mol. The van der Waals surface area contributed by atoms with Gasteiger partial charge in [0, 0.05) is 19.6 Å². The van der Waals surface area contributed by atoms with Crippen molar-refractivity contribution >= 4 is 5.91 Å². The van der Waals surface area contributed by atoms with Crippen LogP contribution in [0.3, 0.4) is 0 Å². The van der Waals surface area contributed by atoms with E-state index in [0.29, 0.717) is 0 Å². The van der Waals surface area contributed by atoms with Crippen LogP contribution in [-0.2, 0) is 4.79 Å². The summed E-state index contributed by atoms with van der Waals surface area (Å²) in [5.74, 6) is 0.465. The van der Waals surface area contributed by atoms with Gasteiger partial charge in [-0.25, -0.2) is 0 Å². The number of likely N-dealkylation sites (tertiary alicyclic amines) is 1. The van der Waals surface area contributed by atoms with Gasteiger partial charge in [0.2, 0.25) is 5.91 Å². The predicted molar refractivity (Wildman–Crippen MR) is 59.7 cm³/mol. The molecule has 0 unspecified atom stereocenters. The fourth-order valence-electron chi connectivity index (χ4n) is 2.14. The molecule has 0 radical (unpaired) electrons. The monoisotopic (exact) mass is 211 g/mol. The first-order valence-corrected chi connectivity index (χ1v) is 6.07. The Morgan fingerprint density at radius 3 is 2.67 bits per heavy atom. The molecule has 2 fully saturated rings. The average Bonchev–Trinajstić information content (AvgIpc) is 2.62. The zero-order valence-corrected chi connectivity index (χ0v) is 9.30. The minimum atomic E-state index is 0.232. The van der Waals surface area contributed by atoms with Gasteiger partial charge in [-0.2, -0.15) is 0 Å². The Hall–Kier alpha value is -0.610. The quantitative estimate of drug-likeness (QED) is 0.619. The number of carbonyl (C=O) groups is 1. The first-order chi connectivity index (χ1) is 7.36. The van der Waals surface area contributed by atoms with Crippen molar-refractivity contribution in [2.24, 2.45) is 5.92 Å². The number of hydrogen-bond acceptors (Lipinski definition) is 3. The van der Waals surface area contributed by atoms with E-state index in [2.05, 4.69) is 15.5 Å². The van der Waals surface area contributed by atoms with Crippen molar-refractivity contribution in [1.82, 2.24) is 15.5 Å². The summed E-state index contributed by atoms with van der Waals surface area (Å²) in [6.07, 6.45) is 3.78. The van der Waals surface area contributed by atoms with Gasteiger partial charge in [-0.05, 0) is 38.9 Å². The summed E-state index contributed by atoms with van der Waals surface area (Å²) >= 11 is 0. The molecular weight excluding hydrogens is 190 g/mol. The van der Waals surface area contributed by atoms with Crippen molar-refractivity contribution in [3.63, 3.8) is 0 Å². The number of carbonyl (C=O) groups excluding carboxylic acids is 1. The van der Waals surface area contributed by atoms with Gasteiger partial charge >= 0.3 is 0 Å².